The number of pyridine rings is 1. The lowest BCUT2D eigenvalue weighted by Crippen LogP contribution is -2.43. The van der Waals surface area contributed by atoms with Crippen LogP contribution >= 0.6 is 0 Å². The molecule has 7 heteroatoms. The van der Waals surface area contributed by atoms with E-state index in [0.29, 0.717) is 5.92 Å². The fourth-order valence-corrected chi connectivity index (χ4v) is 4.51. The third-order valence-electron chi connectivity index (χ3n) is 6.15. The summed E-state index contributed by atoms with van der Waals surface area (Å²) >= 11 is 0. The van der Waals surface area contributed by atoms with Crippen molar-refractivity contribution in [1.82, 2.24) is 30.2 Å². The van der Waals surface area contributed by atoms with Crippen LogP contribution in [0.4, 0.5) is 0 Å². The van der Waals surface area contributed by atoms with Gasteiger partial charge >= 0.3 is 0 Å². The highest BCUT2D eigenvalue weighted by Gasteiger charge is 2.48. The molecule has 2 aliphatic rings. The number of nitrogens with one attached hydrogen (secondary N) is 1. The summed E-state index contributed by atoms with van der Waals surface area (Å²) in [5, 5.41) is 3.62. The smallest absolute Gasteiger partial charge is 0.116 e. The third kappa shape index (κ3) is 2.93. The summed E-state index contributed by atoms with van der Waals surface area (Å²) in [5.41, 5.74) is 12.6. The number of hydrogen-bond acceptors (Lipinski definition) is 7. The van der Waals surface area contributed by atoms with Gasteiger partial charge in [-0.3, -0.25) is 20.3 Å². The Labute approximate surface area is 179 Å². The van der Waals surface area contributed by atoms with Crippen LogP contribution in [0, 0.1) is 0 Å². The van der Waals surface area contributed by atoms with E-state index in [0.717, 1.165) is 39.3 Å². The molecule has 0 amide bonds. The van der Waals surface area contributed by atoms with Gasteiger partial charge in [-0.1, -0.05) is 18.2 Å². The molecule has 1 aromatic carbocycles. The highest BCUT2D eigenvalue weighted by molar-refractivity contribution is 5.65. The second-order valence-electron chi connectivity index (χ2n) is 8.11. The van der Waals surface area contributed by atoms with Crippen LogP contribution in [0.25, 0.3) is 11.1 Å². The van der Waals surface area contributed by atoms with Crippen molar-refractivity contribution in [3.63, 3.8) is 0 Å². The van der Waals surface area contributed by atoms with E-state index in [-0.39, 0.29) is 0 Å². The zero-order chi connectivity index (χ0) is 20.8. The van der Waals surface area contributed by atoms with Gasteiger partial charge < -0.3 is 5.73 Å². The number of rotatable bonds is 4. The third-order valence-corrected chi connectivity index (χ3v) is 6.15. The minimum Gasteiger partial charge on any atom is -0.311 e. The molecule has 4 heterocycles. The van der Waals surface area contributed by atoms with E-state index in [2.05, 4.69) is 49.5 Å². The second kappa shape index (κ2) is 7.01. The summed E-state index contributed by atoms with van der Waals surface area (Å²) in [7, 11) is 0. The van der Waals surface area contributed by atoms with Crippen LogP contribution in [0.5, 0.6) is 0 Å². The Morgan fingerprint density at radius 1 is 0.871 bits per heavy atom. The van der Waals surface area contributed by atoms with Crippen molar-refractivity contribution < 1.29 is 0 Å². The summed E-state index contributed by atoms with van der Waals surface area (Å²) in [6, 6.07) is 12.6. The maximum absolute atomic E-state index is 6.51. The van der Waals surface area contributed by atoms with Crippen LogP contribution < -0.4 is 11.1 Å². The number of aromatic nitrogens is 5. The van der Waals surface area contributed by atoms with E-state index in [1.807, 2.05) is 30.7 Å². The standard InChI is InChI=1S/C24H21N7/c25-23-21-22(30-9-8-29-21)24(31-23,19-6-7-28-20(11-19)15-4-5-15)18-3-1-2-16(10-18)17-12-26-14-27-13-17/h1-3,6-15,23,31H,4-5,25H2/t23?,24-/m0/s1. The van der Waals surface area contributed by atoms with Gasteiger partial charge in [0.05, 0.1) is 11.4 Å². The first kappa shape index (κ1) is 18.2. The average Bonchev–Trinajstić information content (AvgIpc) is 3.65. The van der Waals surface area contributed by atoms with Crippen molar-refractivity contribution in [2.45, 2.75) is 30.5 Å². The molecule has 0 bridgehead atoms. The fourth-order valence-electron chi connectivity index (χ4n) is 4.51. The molecule has 1 saturated carbocycles. The molecule has 0 radical (unpaired) electrons. The molecule has 3 N–H and O–H groups in total. The van der Waals surface area contributed by atoms with Crippen molar-refractivity contribution >= 4 is 0 Å². The fraction of sp³-hybridized carbons (Fsp3) is 0.208. The zero-order valence-corrected chi connectivity index (χ0v) is 16.8. The van der Waals surface area contributed by atoms with Gasteiger partial charge in [0.1, 0.15) is 18.0 Å². The van der Waals surface area contributed by atoms with Gasteiger partial charge in [-0.2, -0.15) is 0 Å². The summed E-state index contributed by atoms with van der Waals surface area (Å²) in [5.74, 6) is 0.543. The average molecular weight is 407 g/mol. The number of nitrogens with zero attached hydrogens (tertiary/aromatic N) is 5. The molecule has 2 atom stereocenters. The molecule has 6 rings (SSSR count). The molecule has 7 nitrogen and oxygen atoms in total. The van der Waals surface area contributed by atoms with Gasteiger partial charge in [-0.15, -0.1) is 0 Å². The van der Waals surface area contributed by atoms with E-state index in [1.54, 1.807) is 12.4 Å². The van der Waals surface area contributed by atoms with Crippen molar-refractivity contribution in [3.8, 4) is 11.1 Å². The first-order chi connectivity index (χ1) is 15.3. The van der Waals surface area contributed by atoms with Crippen molar-refractivity contribution in [2.24, 2.45) is 5.73 Å². The molecule has 152 valence electrons. The maximum Gasteiger partial charge on any atom is 0.116 e. The topological polar surface area (TPSA) is 102 Å². The molecule has 1 aliphatic heterocycles. The summed E-state index contributed by atoms with van der Waals surface area (Å²) in [6.45, 7) is 0. The number of hydrogen-bond donors (Lipinski definition) is 2. The predicted molar refractivity (Wildman–Crippen MR) is 116 cm³/mol. The Kier molecular flexibility index (Phi) is 4.12. The predicted octanol–water partition coefficient (Wildman–Crippen LogP) is 3.06. The minimum atomic E-state index is -0.721. The van der Waals surface area contributed by atoms with Crippen LogP contribution in [0.15, 0.2) is 73.7 Å². The quantitative estimate of drug-likeness (QED) is 0.536. The van der Waals surface area contributed by atoms with E-state index in [9.17, 15) is 0 Å². The van der Waals surface area contributed by atoms with Gasteiger partial charge in [0.15, 0.2) is 0 Å². The highest BCUT2D eigenvalue weighted by Crippen LogP contribution is 2.46. The number of benzene rings is 1. The molecule has 0 saturated heterocycles. The molecule has 0 spiro atoms. The Morgan fingerprint density at radius 2 is 1.68 bits per heavy atom. The van der Waals surface area contributed by atoms with Gasteiger partial charge in [-0.25, -0.2) is 9.97 Å². The Hall–Kier alpha value is -3.55. The van der Waals surface area contributed by atoms with Crippen LogP contribution in [-0.4, -0.2) is 24.9 Å². The molecular weight excluding hydrogens is 386 g/mol. The van der Waals surface area contributed by atoms with Crippen LogP contribution in [0.1, 0.15) is 53.1 Å². The lowest BCUT2D eigenvalue weighted by molar-refractivity contribution is 0.448. The van der Waals surface area contributed by atoms with Gasteiger partial charge in [0, 0.05) is 48.2 Å². The first-order valence-electron chi connectivity index (χ1n) is 10.4. The van der Waals surface area contributed by atoms with E-state index in [4.69, 9.17) is 10.7 Å². The molecule has 3 aromatic heterocycles. The largest absolute Gasteiger partial charge is 0.311 e. The van der Waals surface area contributed by atoms with E-state index in [1.165, 1.54) is 19.2 Å². The Bertz CT molecular complexity index is 1260. The number of fused-ring (bicyclic) bond motifs is 1. The molecular formula is C24H21N7. The van der Waals surface area contributed by atoms with E-state index >= 15 is 0 Å². The minimum absolute atomic E-state index is 0.426. The second-order valence-corrected chi connectivity index (χ2v) is 8.11. The first-order valence-corrected chi connectivity index (χ1v) is 10.4. The Morgan fingerprint density at radius 3 is 2.52 bits per heavy atom. The van der Waals surface area contributed by atoms with Crippen LogP contribution in [-0.2, 0) is 5.54 Å². The molecule has 1 fully saturated rings. The normalized spacial score (nSPS) is 22.3. The lowest BCUT2D eigenvalue weighted by atomic mass is 9.80. The summed E-state index contributed by atoms with van der Waals surface area (Å²) in [6.07, 6.45) is 12.4. The SMILES string of the molecule is NC1N[C@@](c2cccc(-c3cncnc3)c2)(c2ccnc(C3CC3)c2)c2nccnc21. The molecule has 1 aliphatic carbocycles. The van der Waals surface area contributed by atoms with Gasteiger partial charge in [0.2, 0.25) is 0 Å². The number of nitrogens with two attached hydrogens (primary N) is 1. The molecule has 4 aromatic rings. The molecule has 1 unspecified atom stereocenters. The van der Waals surface area contributed by atoms with Crippen LogP contribution in [0.3, 0.4) is 0 Å². The zero-order valence-electron chi connectivity index (χ0n) is 16.8. The van der Waals surface area contributed by atoms with Crippen LogP contribution in [0.2, 0.25) is 0 Å². The van der Waals surface area contributed by atoms with Crippen molar-refractivity contribution in [3.05, 3.63) is 102 Å². The highest BCUT2D eigenvalue weighted by atomic mass is 15.2. The van der Waals surface area contributed by atoms with Crippen molar-refractivity contribution in [1.29, 1.82) is 0 Å². The van der Waals surface area contributed by atoms with Gasteiger partial charge in [-0.05, 0) is 47.7 Å². The van der Waals surface area contributed by atoms with Crippen molar-refractivity contribution in [2.75, 3.05) is 0 Å². The lowest BCUT2D eigenvalue weighted by Gasteiger charge is -2.32. The monoisotopic (exact) mass is 407 g/mol. The van der Waals surface area contributed by atoms with E-state index < -0.39 is 11.7 Å². The maximum atomic E-state index is 6.51. The summed E-state index contributed by atoms with van der Waals surface area (Å²) < 4.78 is 0. The molecule has 31 heavy (non-hydrogen) atoms. The van der Waals surface area contributed by atoms with Gasteiger partial charge in [0.25, 0.3) is 0 Å². The Balaban J connectivity index is 1.59. The summed E-state index contributed by atoms with van der Waals surface area (Å²) in [4.78, 5) is 22.3.